The van der Waals surface area contributed by atoms with Gasteiger partial charge in [-0.3, -0.25) is 4.79 Å². The Labute approximate surface area is 197 Å². The minimum Gasteiger partial charge on any atom is -0.342 e. The van der Waals surface area contributed by atoms with Gasteiger partial charge >= 0.3 is 0 Å². The summed E-state index contributed by atoms with van der Waals surface area (Å²) >= 11 is 0. The van der Waals surface area contributed by atoms with Gasteiger partial charge in [-0.1, -0.05) is 76.3 Å². The van der Waals surface area contributed by atoms with Gasteiger partial charge in [-0.25, -0.2) is 0 Å². The summed E-state index contributed by atoms with van der Waals surface area (Å²) in [6, 6.07) is 9.38. The first-order chi connectivity index (χ1) is 15.6. The van der Waals surface area contributed by atoms with Gasteiger partial charge in [0.25, 0.3) is 0 Å². The van der Waals surface area contributed by atoms with Crippen LogP contribution in [-0.2, 0) is 11.2 Å². The second-order valence-corrected chi connectivity index (χ2v) is 10.7. The molecular formula is C30H47NO. The zero-order chi connectivity index (χ0) is 22.8. The van der Waals surface area contributed by atoms with Crippen LogP contribution in [0.5, 0.6) is 0 Å². The van der Waals surface area contributed by atoms with Gasteiger partial charge in [-0.2, -0.15) is 0 Å². The first-order valence-electron chi connectivity index (χ1n) is 13.6. The van der Waals surface area contributed by atoms with Crippen molar-refractivity contribution in [3.8, 4) is 0 Å². The van der Waals surface area contributed by atoms with Crippen LogP contribution in [0.3, 0.4) is 0 Å². The van der Waals surface area contributed by atoms with Crippen molar-refractivity contribution < 1.29 is 4.79 Å². The monoisotopic (exact) mass is 437 g/mol. The summed E-state index contributed by atoms with van der Waals surface area (Å²) in [5.74, 6) is 3.83. The molecule has 32 heavy (non-hydrogen) atoms. The normalized spacial score (nSPS) is 25.9. The van der Waals surface area contributed by atoms with E-state index in [0.29, 0.717) is 0 Å². The fourth-order valence-corrected chi connectivity index (χ4v) is 6.30. The van der Waals surface area contributed by atoms with E-state index in [1.165, 1.54) is 88.7 Å². The molecule has 1 aromatic carbocycles. The molecule has 0 aliphatic heterocycles. The topological polar surface area (TPSA) is 20.3 Å². The maximum absolute atomic E-state index is 11.6. The van der Waals surface area contributed by atoms with Gasteiger partial charge in [-0.15, -0.1) is 0 Å². The van der Waals surface area contributed by atoms with Crippen LogP contribution >= 0.6 is 0 Å². The van der Waals surface area contributed by atoms with E-state index in [2.05, 4.69) is 37.8 Å². The summed E-state index contributed by atoms with van der Waals surface area (Å²) in [4.78, 5) is 13.3. The minimum atomic E-state index is 0.0102. The van der Waals surface area contributed by atoms with E-state index in [9.17, 15) is 4.79 Å². The Balaban J connectivity index is 1.36. The predicted octanol–water partition coefficient (Wildman–Crippen LogP) is 7.92. The van der Waals surface area contributed by atoms with Crippen LogP contribution in [0.2, 0.25) is 0 Å². The number of amides is 1. The van der Waals surface area contributed by atoms with Crippen LogP contribution in [0.4, 0.5) is 0 Å². The number of carbonyl (C=O) groups is 1. The zero-order valence-corrected chi connectivity index (χ0v) is 20.9. The van der Waals surface area contributed by atoms with Crippen molar-refractivity contribution in [1.29, 1.82) is 0 Å². The molecule has 0 spiro atoms. The van der Waals surface area contributed by atoms with Crippen molar-refractivity contribution in [1.82, 2.24) is 4.90 Å². The molecule has 2 fully saturated rings. The van der Waals surface area contributed by atoms with Crippen molar-refractivity contribution in [2.45, 2.75) is 103 Å². The summed E-state index contributed by atoms with van der Waals surface area (Å²) in [5, 5.41) is 0. The lowest BCUT2D eigenvalue weighted by Crippen LogP contribution is -2.25. The van der Waals surface area contributed by atoms with Gasteiger partial charge < -0.3 is 4.90 Å². The first kappa shape index (κ1) is 25.1. The molecular weight excluding hydrogens is 390 g/mol. The molecule has 1 aromatic rings. The Bertz CT molecular complexity index is 677. The molecule has 2 aliphatic carbocycles. The molecule has 0 heterocycles. The molecule has 0 unspecified atom stereocenters. The van der Waals surface area contributed by atoms with E-state index < -0.39 is 0 Å². The van der Waals surface area contributed by atoms with Crippen LogP contribution in [0.1, 0.15) is 107 Å². The number of hydrogen-bond donors (Lipinski definition) is 0. The van der Waals surface area contributed by atoms with Crippen LogP contribution < -0.4 is 0 Å². The number of rotatable bonds is 11. The van der Waals surface area contributed by atoms with Crippen molar-refractivity contribution in [3.05, 3.63) is 48.0 Å². The summed E-state index contributed by atoms with van der Waals surface area (Å²) in [6.07, 6.45) is 20.9. The summed E-state index contributed by atoms with van der Waals surface area (Å²) in [7, 11) is 1.85. The fourth-order valence-electron chi connectivity index (χ4n) is 6.30. The molecule has 0 N–H and O–H groups in total. The highest BCUT2D eigenvalue weighted by molar-refractivity contribution is 5.86. The second kappa shape index (κ2) is 13.2. The molecule has 2 heteroatoms. The molecule has 178 valence electrons. The molecule has 3 rings (SSSR count). The van der Waals surface area contributed by atoms with E-state index in [4.69, 9.17) is 0 Å². The van der Waals surface area contributed by atoms with Crippen molar-refractivity contribution in [2.24, 2.45) is 17.8 Å². The van der Waals surface area contributed by atoms with E-state index in [0.717, 1.165) is 43.1 Å². The van der Waals surface area contributed by atoms with Crippen LogP contribution in [0, 0.1) is 17.8 Å². The lowest BCUT2D eigenvalue weighted by atomic mass is 9.68. The molecule has 2 aliphatic rings. The van der Waals surface area contributed by atoms with Gasteiger partial charge in [-0.05, 0) is 92.2 Å². The Morgan fingerprint density at radius 2 is 1.56 bits per heavy atom. The third-order valence-corrected chi connectivity index (χ3v) is 8.51. The van der Waals surface area contributed by atoms with E-state index in [-0.39, 0.29) is 5.91 Å². The Morgan fingerprint density at radius 1 is 0.938 bits per heavy atom. The molecule has 0 bridgehead atoms. The van der Waals surface area contributed by atoms with Crippen molar-refractivity contribution >= 4 is 5.91 Å². The molecule has 1 amide bonds. The number of carbonyl (C=O) groups excluding carboxylic acids is 1. The summed E-state index contributed by atoms with van der Waals surface area (Å²) in [5.41, 5.74) is 2.93. The van der Waals surface area contributed by atoms with Gasteiger partial charge in [0.15, 0.2) is 0 Å². The Morgan fingerprint density at radius 3 is 2.16 bits per heavy atom. The van der Waals surface area contributed by atoms with Gasteiger partial charge in [0.1, 0.15) is 0 Å². The Hall–Kier alpha value is -1.57. The third kappa shape index (κ3) is 7.49. The summed E-state index contributed by atoms with van der Waals surface area (Å²) < 4.78 is 0. The first-order valence-corrected chi connectivity index (χ1v) is 13.6. The predicted molar refractivity (Wildman–Crippen MR) is 137 cm³/mol. The quantitative estimate of drug-likeness (QED) is 0.254. The third-order valence-electron chi connectivity index (χ3n) is 8.51. The largest absolute Gasteiger partial charge is 0.342 e. The summed E-state index contributed by atoms with van der Waals surface area (Å²) in [6.45, 7) is 6.66. The molecule has 0 atom stereocenters. The standard InChI is InChI=1S/C30H47NO/c1-4-6-7-9-24-11-15-26(16-12-24)28-19-21-29(22-20-28)27-17-13-25(14-18-27)10-8-23-31(3)30(32)5-2/h5,13-14,17-18,24,26,28-29H,2,4,6-12,15-16,19-23H2,1,3H3. The van der Waals surface area contributed by atoms with E-state index in [1.807, 2.05) is 7.05 Å². The number of benzene rings is 1. The second-order valence-electron chi connectivity index (χ2n) is 10.7. The lowest BCUT2D eigenvalue weighted by molar-refractivity contribution is -0.124. The van der Waals surface area contributed by atoms with Crippen molar-refractivity contribution in [3.63, 3.8) is 0 Å². The van der Waals surface area contributed by atoms with Gasteiger partial charge in [0, 0.05) is 13.6 Å². The molecule has 0 saturated heterocycles. The number of hydrogen-bond acceptors (Lipinski definition) is 1. The average molecular weight is 438 g/mol. The molecule has 2 nitrogen and oxygen atoms in total. The zero-order valence-electron chi connectivity index (χ0n) is 20.9. The van der Waals surface area contributed by atoms with Crippen LogP contribution in [0.15, 0.2) is 36.9 Å². The maximum atomic E-state index is 11.6. The number of aryl methyl sites for hydroxylation is 1. The smallest absolute Gasteiger partial charge is 0.245 e. The number of unbranched alkanes of at least 4 members (excludes halogenated alkanes) is 2. The Kier molecular flexibility index (Phi) is 10.3. The molecule has 0 aromatic heterocycles. The van der Waals surface area contributed by atoms with Gasteiger partial charge in [0.05, 0.1) is 0 Å². The number of likely N-dealkylation sites (N-methyl/N-ethyl adjacent to an activating group) is 1. The van der Waals surface area contributed by atoms with Crippen LogP contribution in [0.25, 0.3) is 0 Å². The van der Waals surface area contributed by atoms with E-state index >= 15 is 0 Å². The number of nitrogens with zero attached hydrogens (tertiary/aromatic N) is 1. The van der Waals surface area contributed by atoms with Gasteiger partial charge in [0.2, 0.25) is 5.91 Å². The minimum absolute atomic E-state index is 0.0102. The maximum Gasteiger partial charge on any atom is 0.245 e. The van der Waals surface area contributed by atoms with Crippen LogP contribution in [-0.4, -0.2) is 24.4 Å². The highest BCUT2D eigenvalue weighted by Gasteiger charge is 2.31. The SMILES string of the molecule is C=CC(=O)N(C)CCCc1ccc(C2CCC(C3CCC(CCCCC)CC3)CC2)cc1. The highest BCUT2D eigenvalue weighted by Crippen LogP contribution is 2.44. The molecule has 0 radical (unpaired) electrons. The van der Waals surface area contributed by atoms with E-state index in [1.54, 1.807) is 10.5 Å². The highest BCUT2D eigenvalue weighted by atomic mass is 16.2. The fraction of sp³-hybridized carbons (Fsp3) is 0.700. The van der Waals surface area contributed by atoms with Crippen molar-refractivity contribution in [2.75, 3.05) is 13.6 Å². The average Bonchev–Trinajstić information content (AvgIpc) is 2.84. The molecule has 2 saturated carbocycles. The lowest BCUT2D eigenvalue weighted by Gasteiger charge is -2.38.